The Hall–Kier alpha value is -2.34. The van der Waals surface area contributed by atoms with Crippen molar-refractivity contribution in [1.82, 2.24) is 9.97 Å². The fourth-order valence-electron chi connectivity index (χ4n) is 4.16. The van der Waals surface area contributed by atoms with Gasteiger partial charge in [0.1, 0.15) is 0 Å². The number of aromatic amines is 1. The van der Waals surface area contributed by atoms with E-state index >= 15 is 0 Å². The van der Waals surface area contributed by atoms with Gasteiger partial charge >= 0.3 is 5.97 Å². The van der Waals surface area contributed by atoms with Gasteiger partial charge in [0.15, 0.2) is 0 Å². The van der Waals surface area contributed by atoms with Crippen LogP contribution in [0.4, 0.5) is 0 Å². The van der Waals surface area contributed by atoms with Gasteiger partial charge in [-0.1, -0.05) is 41.4 Å². The lowest BCUT2D eigenvalue weighted by Crippen LogP contribution is -2.17. The van der Waals surface area contributed by atoms with Crippen molar-refractivity contribution >= 4 is 51.4 Å². The summed E-state index contributed by atoms with van der Waals surface area (Å²) in [5.74, 6) is -0.675. The number of nitrogens with zero attached hydrogens (tertiary/aromatic N) is 1. The second-order valence-electron chi connectivity index (χ2n) is 8.36. The Balaban J connectivity index is 1.36. The maximum atomic E-state index is 12.0. The second kappa shape index (κ2) is 8.89. The molecule has 1 aliphatic rings. The SMILES string of the molecule is O=C(O)C(CCc1nc(-c2ccc(Cl)c(Cl)c2)c(C2CC2)s1)Cc1cccc2[nH]ccc12. The molecule has 0 bridgehead atoms. The molecule has 4 nitrogen and oxygen atoms in total. The first-order chi connectivity index (χ1) is 15.5. The molecule has 0 radical (unpaired) electrons. The average Bonchev–Trinajstić information content (AvgIpc) is 3.34. The first-order valence-corrected chi connectivity index (χ1v) is 12.3. The zero-order chi connectivity index (χ0) is 22.2. The lowest BCUT2D eigenvalue weighted by Gasteiger charge is -2.12. The first-order valence-electron chi connectivity index (χ1n) is 10.7. The van der Waals surface area contributed by atoms with Crippen molar-refractivity contribution < 1.29 is 9.90 Å². The molecule has 1 atom stereocenters. The number of H-pyrrole nitrogens is 1. The summed E-state index contributed by atoms with van der Waals surface area (Å²) in [5, 5.41) is 13.0. The Morgan fingerprint density at radius 1 is 1.19 bits per heavy atom. The summed E-state index contributed by atoms with van der Waals surface area (Å²) in [5.41, 5.74) is 4.03. The summed E-state index contributed by atoms with van der Waals surface area (Å²) in [6.45, 7) is 0. The average molecular weight is 485 g/mol. The molecule has 0 spiro atoms. The van der Waals surface area contributed by atoms with Crippen LogP contribution in [0.1, 0.15) is 40.6 Å². The molecule has 164 valence electrons. The summed E-state index contributed by atoms with van der Waals surface area (Å²) in [4.78, 5) is 21.4. The van der Waals surface area contributed by atoms with Gasteiger partial charge in [0.05, 0.1) is 26.7 Å². The van der Waals surface area contributed by atoms with Crippen LogP contribution in [0.25, 0.3) is 22.2 Å². The van der Waals surface area contributed by atoms with Crippen LogP contribution in [0.15, 0.2) is 48.7 Å². The van der Waals surface area contributed by atoms with Crippen LogP contribution in [0.5, 0.6) is 0 Å². The normalized spacial score (nSPS) is 14.7. The van der Waals surface area contributed by atoms with Gasteiger partial charge < -0.3 is 10.1 Å². The quantitative estimate of drug-likeness (QED) is 0.274. The largest absolute Gasteiger partial charge is 0.481 e. The topological polar surface area (TPSA) is 66.0 Å². The van der Waals surface area contributed by atoms with Gasteiger partial charge in [-0.05, 0) is 61.4 Å². The van der Waals surface area contributed by atoms with Gasteiger partial charge in [-0.15, -0.1) is 11.3 Å². The van der Waals surface area contributed by atoms with E-state index in [0.29, 0.717) is 35.2 Å². The number of hydrogen-bond acceptors (Lipinski definition) is 3. The summed E-state index contributed by atoms with van der Waals surface area (Å²) in [7, 11) is 0. The lowest BCUT2D eigenvalue weighted by atomic mass is 9.93. The number of carboxylic acid groups (broad SMARTS) is 1. The minimum absolute atomic E-state index is 0.461. The van der Waals surface area contributed by atoms with Crippen LogP contribution >= 0.6 is 34.5 Å². The molecular weight excluding hydrogens is 463 g/mol. The van der Waals surface area contributed by atoms with Gasteiger partial charge in [-0.3, -0.25) is 4.79 Å². The van der Waals surface area contributed by atoms with E-state index < -0.39 is 11.9 Å². The van der Waals surface area contributed by atoms with Crippen molar-refractivity contribution in [2.45, 2.75) is 38.0 Å². The Kier molecular flexibility index (Phi) is 5.97. The maximum absolute atomic E-state index is 12.0. The number of fused-ring (bicyclic) bond motifs is 1. The molecule has 0 aliphatic heterocycles. The predicted molar refractivity (Wildman–Crippen MR) is 131 cm³/mol. The number of nitrogens with one attached hydrogen (secondary N) is 1. The molecule has 32 heavy (non-hydrogen) atoms. The minimum atomic E-state index is -0.763. The predicted octanol–water partition coefficient (Wildman–Crippen LogP) is 7.35. The maximum Gasteiger partial charge on any atom is 0.306 e. The van der Waals surface area contributed by atoms with Crippen LogP contribution in [0, 0.1) is 5.92 Å². The number of carboxylic acids is 1. The van der Waals surface area contributed by atoms with Crippen molar-refractivity contribution in [3.63, 3.8) is 0 Å². The van der Waals surface area contributed by atoms with Crippen LogP contribution in [-0.4, -0.2) is 21.0 Å². The van der Waals surface area contributed by atoms with Gasteiger partial charge in [-0.2, -0.15) is 0 Å². The number of carbonyl (C=O) groups is 1. The molecule has 0 saturated heterocycles. The minimum Gasteiger partial charge on any atom is -0.481 e. The first kappa shape index (κ1) is 21.5. The molecule has 1 saturated carbocycles. The summed E-state index contributed by atoms with van der Waals surface area (Å²) < 4.78 is 0. The van der Waals surface area contributed by atoms with E-state index in [1.54, 1.807) is 17.4 Å². The highest BCUT2D eigenvalue weighted by Gasteiger charge is 2.30. The summed E-state index contributed by atoms with van der Waals surface area (Å²) in [6.07, 6.45) is 5.94. The van der Waals surface area contributed by atoms with E-state index in [1.165, 1.54) is 17.7 Å². The summed E-state index contributed by atoms with van der Waals surface area (Å²) in [6, 6.07) is 13.6. The van der Waals surface area contributed by atoms with Crippen molar-refractivity contribution in [1.29, 1.82) is 0 Å². The third-order valence-electron chi connectivity index (χ3n) is 6.05. The number of aromatic nitrogens is 2. The third-order valence-corrected chi connectivity index (χ3v) is 8.06. The van der Waals surface area contributed by atoms with Crippen molar-refractivity contribution in [3.05, 3.63) is 74.2 Å². The monoisotopic (exact) mass is 484 g/mol. The molecule has 2 aromatic carbocycles. The number of benzene rings is 2. The molecule has 5 rings (SSSR count). The molecular formula is C25H22Cl2N2O2S. The molecule has 2 aromatic heterocycles. The van der Waals surface area contributed by atoms with Crippen LogP contribution in [-0.2, 0) is 17.6 Å². The highest BCUT2D eigenvalue weighted by Crippen LogP contribution is 2.48. The van der Waals surface area contributed by atoms with Gasteiger partial charge in [-0.25, -0.2) is 4.98 Å². The standard InChI is InChI=1S/C25H22Cl2N2O2S/c26-19-8-6-16(13-20(19)27)23-24(14-4-5-14)32-22(29-23)9-7-17(25(30)31)12-15-2-1-3-21-18(15)10-11-28-21/h1-3,6,8,10-11,13-14,17,28H,4-5,7,9,12H2,(H,30,31). The van der Waals surface area contributed by atoms with Crippen molar-refractivity contribution in [3.8, 4) is 11.3 Å². The fourth-order valence-corrected chi connectivity index (χ4v) is 5.73. The second-order valence-corrected chi connectivity index (χ2v) is 10.3. The Morgan fingerprint density at radius 2 is 2.03 bits per heavy atom. The van der Waals surface area contributed by atoms with E-state index in [0.717, 1.165) is 32.7 Å². The molecule has 7 heteroatoms. The van der Waals surface area contributed by atoms with E-state index in [4.69, 9.17) is 28.2 Å². The fraction of sp³-hybridized carbons (Fsp3) is 0.280. The number of aryl methyl sites for hydroxylation is 1. The number of thiazole rings is 1. The van der Waals surface area contributed by atoms with Gasteiger partial charge in [0, 0.05) is 34.0 Å². The zero-order valence-electron chi connectivity index (χ0n) is 17.3. The van der Waals surface area contributed by atoms with Crippen LogP contribution < -0.4 is 0 Å². The smallest absolute Gasteiger partial charge is 0.306 e. The van der Waals surface area contributed by atoms with Crippen molar-refractivity contribution in [2.24, 2.45) is 5.92 Å². The number of halogens is 2. The molecule has 2 heterocycles. The van der Waals surface area contributed by atoms with E-state index in [-0.39, 0.29) is 0 Å². The summed E-state index contributed by atoms with van der Waals surface area (Å²) >= 11 is 14.0. The molecule has 0 amide bonds. The van der Waals surface area contributed by atoms with Gasteiger partial charge in [0.25, 0.3) is 0 Å². The van der Waals surface area contributed by atoms with Crippen molar-refractivity contribution in [2.75, 3.05) is 0 Å². The number of aliphatic carboxylic acids is 1. The number of hydrogen-bond donors (Lipinski definition) is 2. The molecule has 4 aromatic rings. The van der Waals surface area contributed by atoms with Crippen LogP contribution in [0.3, 0.4) is 0 Å². The Labute approximate surface area is 200 Å². The number of rotatable bonds is 8. The molecule has 1 unspecified atom stereocenters. The molecule has 1 aliphatic carbocycles. The highest BCUT2D eigenvalue weighted by atomic mass is 35.5. The Morgan fingerprint density at radius 3 is 2.78 bits per heavy atom. The third kappa shape index (κ3) is 4.42. The van der Waals surface area contributed by atoms with E-state index in [9.17, 15) is 9.90 Å². The molecule has 2 N–H and O–H groups in total. The highest BCUT2D eigenvalue weighted by molar-refractivity contribution is 7.12. The molecule has 1 fully saturated rings. The van der Waals surface area contributed by atoms with E-state index in [1.807, 2.05) is 42.6 Å². The van der Waals surface area contributed by atoms with Crippen LogP contribution in [0.2, 0.25) is 10.0 Å². The Bertz CT molecular complexity index is 1290. The van der Waals surface area contributed by atoms with E-state index in [2.05, 4.69) is 4.98 Å². The lowest BCUT2D eigenvalue weighted by molar-refractivity contribution is -0.141. The van der Waals surface area contributed by atoms with Gasteiger partial charge in [0.2, 0.25) is 0 Å². The zero-order valence-corrected chi connectivity index (χ0v) is 19.6.